The molecule has 3 nitrogen and oxygen atoms in total. The van der Waals surface area contributed by atoms with E-state index < -0.39 is 12.1 Å². The molecule has 2 atom stereocenters. The summed E-state index contributed by atoms with van der Waals surface area (Å²) in [5.74, 6) is -0.457. The minimum atomic E-state index is -0.842. The molecule has 1 N–H and O–H groups in total. The minimum absolute atomic E-state index is 0.214. The Morgan fingerprint density at radius 1 is 1.21 bits per heavy atom. The van der Waals surface area contributed by atoms with Gasteiger partial charge in [-0.05, 0) is 12.8 Å². The maximum Gasteiger partial charge on any atom is 0.339 e. The van der Waals surface area contributed by atoms with Crippen LogP contribution < -0.4 is 0 Å². The molecular formula is C11H20O3. The van der Waals surface area contributed by atoms with Crippen LogP contribution in [0, 0.1) is 0 Å². The van der Waals surface area contributed by atoms with Gasteiger partial charge in [0, 0.05) is 0 Å². The summed E-state index contributed by atoms with van der Waals surface area (Å²) in [4.78, 5) is 10.5. The lowest BCUT2D eigenvalue weighted by atomic mass is 10.0. The molecule has 1 rings (SSSR count). The molecule has 0 radical (unpaired) electrons. The molecule has 14 heavy (non-hydrogen) atoms. The van der Waals surface area contributed by atoms with Crippen molar-refractivity contribution in [3.05, 3.63) is 0 Å². The van der Waals surface area contributed by atoms with Gasteiger partial charge in [-0.2, -0.15) is 0 Å². The number of cyclic esters (lactones) is 1. The monoisotopic (exact) mass is 200 g/mol. The summed E-state index contributed by atoms with van der Waals surface area (Å²) in [7, 11) is 0. The van der Waals surface area contributed by atoms with E-state index in [-0.39, 0.29) is 6.10 Å². The maximum absolute atomic E-state index is 10.5. The van der Waals surface area contributed by atoms with E-state index in [0.29, 0.717) is 0 Å². The summed E-state index contributed by atoms with van der Waals surface area (Å²) < 4.78 is 4.79. The molecule has 1 aliphatic heterocycles. The zero-order valence-corrected chi connectivity index (χ0v) is 8.87. The van der Waals surface area contributed by atoms with E-state index in [0.717, 1.165) is 12.8 Å². The van der Waals surface area contributed by atoms with E-state index in [1.54, 1.807) is 0 Å². The maximum atomic E-state index is 10.5. The molecule has 0 spiro atoms. The number of esters is 1. The molecule has 0 bridgehead atoms. The lowest BCUT2D eigenvalue weighted by molar-refractivity contribution is -0.198. The Hall–Kier alpha value is -0.570. The van der Waals surface area contributed by atoms with Crippen LogP contribution in [-0.2, 0) is 9.53 Å². The predicted molar refractivity (Wildman–Crippen MR) is 53.9 cm³/mol. The highest BCUT2D eigenvalue weighted by atomic mass is 16.6. The second kappa shape index (κ2) is 6.02. The molecule has 82 valence electrons. The second-order valence-corrected chi connectivity index (χ2v) is 3.98. The van der Waals surface area contributed by atoms with Gasteiger partial charge in [0.15, 0.2) is 6.10 Å². The predicted octanol–water partition coefficient (Wildman–Crippen LogP) is 2.02. The standard InChI is InChI=1S/C11H20O3/c1-2-3-4-5-6-7-8-9-10(12)11(13)14-9/h9-10,12H,2-8H2,1H3. The van der Waals surface area contributed by atoms with E-state index in [4.69, 9.17) is 9.84 Å². The Labute approximate surface area is 85.5 Å². The van der Waals surface area contributed by atoms with E-state index in [1.807, 2.05) is 0 Å². The Morgan fingerprint density at radius 2 is 1.86 bits per heavy atom. The summed E-state index contributed by atoms with van der Waals surface area (Å²) in [6.07, 6.45) is 7.12. The number of aliphatic hydroxyl groups is 1. The third kappa shape index (κ3) is 3.29. The lowest BCUT2D eigenvalue weighted by Gasteiger charge is -2.31. The van der Waals surface area contributed by atoms with Crippen LogP contribution in [0.25, 0.3) is 0 Å². The molecule has 0 aromatic heterocycles. The first kappa shape index (κ1) is 11.5. The van der Waals surface area contributed by atoms with Gasteiger partial charge in [-0.1, -0.05) is 39.0 Å². The number of unbranched alkanes of at least 4 members (excludes halogenated alkanes) is 5. The number of hydrogen-bond acceptors (Lipinski definition) is 3. The van der Waals surface area contributed by atoms with Crippen LogP contribution >= 0.6 is 0 Å². The number of hydrogen-bond donors (Lipinski definition) is 1. The molecule has 1 aliphatic rings. The highest BCUT2D eigenvalue weighted by Crippen LogP contribution is 2.20. The van der Waals surface area contributed by atoms with Gasteiger partial charge in [0.2, 0.25) is 0 Å². The number of ether oxygens (including phenoxy) is 1. The van der Waals surface area contributed by atoms with E-state index in [1.165, 1.54) is 32.1 Å². The van der Waals surface area contributed by atoms with Crippen molar-refractivity contribution in [2.45, 2.75) is 64.1 Å². The molecule has 0 saturated carbocycles. The number of carbonyl (C=O) groups excluding carboxylic acids is 1. The molecule has 0 amide bonds. The van der Waals surface area contributed by atoms with Crippen molar-refractivity contribution in [3.63, 3.8) is 0 Å². The Morgan fingerprint density at radius 3 is 2.43 bits per heavy atom. The first-order chi connectivity index (χ1) is 6.75. The molecule has 0 aliphatic carbocycles. The minimum Gasteiger partial charge on any atom is -0.457 e. The van der Waals surface area contributed by atoms with Gasteiger partial charge in [-0.3, -0.25) is 0 Å². The van der Waals surface area contributed by atoms with Gasteiger partial charge >= 0.3 is 5.97 Å². The summed E-state index contributed by atoms with van der Waals surface area (Å²) in [6.45, 7) is 2.20. The largest absolute Gasteiger partial charge is 0.457 e. The van der Waals surface area contributed by atoms with Crippen LogP contribution in [0.2, 0.25) is 0 Å². The van der Waals surface area contributed by atoms with Gasteiger partial charge in [0.25, 0.3) is 0 Å². The smallest absolute Gasteiger partial charge is 0.339 e. The quantitative estimate of drug-likeness (QED) is 0.505. The van der Waals surface area contributed by atoms with Crippen molar-refractivity contribution < 1.29 is 14.6 Å². The summed E-state index contributed by atoms with van der Waals surface area (Å²) in [5, 5.41) is 9.14. The van der Waals surface area contributed by atoms with Gasteiger partial charge in [0.05, 0.1) is 0 Å². The first-order valence-electron chi connectivity index (χ1n) is 5.64. The van der Waals surface area contributed by atoms with Crippen LogP contribution in [0.15, 0.2) is 0 Å². The van der Waals surface area contributed by atoms with E-state index in [2.05, 4.69) is 6.92 Å². The van der Waals surface area contributed by atoms with Crippen molar-refractivity contribution in [2.75, 3.05) is 0 Å². The Balaban J connectivity index is 1.87. The van der Waals surface area contributed by atoms with Crippen LogP contribution in [-0.4, -0.2) is 23.3 Å². The molecule has 3 heteroatoms. The molecule has 0 aromatic carbocycles. The van der Waals surface area contributed by atoms with Crippen LogP contribution in [0.3, 0.4) is 0 Å². The molecule has 1 fully saturated rings. The van der Waals surface area contributed by atoms with Gasteiger partial charge in [-0.25, -0.2) is 4.79 Å². The molecule has 0 aromatic rings. The van der Waals surface area contributed by atoms with Crippen molar-refractivity contribution in [2.24, 2.45) is 0 Å². The Kier molecular flexibility index (Phi) is 4.94. The molecule has 1 saturated heterocycles. The molecule has 1 heterocycles. The topological polar surface area (TPSA) is 46.5 Å². The molecular weight excluding hydrogens is 180 g/mol. The SMILES string of the molecule is CCCCCCCCC1OC(=O)C1O. The summed E-state index contributed by atoms with van der Waals surface area (Å²) >= 11 is 0. The number of carbonyl (C=O) groups is 1. The normalized spacial score (nSPS) is 25.7. The van der Waals surface area contributed by atoms with Crippen molar-refractivity contribution in [1.29, 1.82) is 0 Å². The van der Waals surface area contributed by atoms with Crippen LogP contribution in [0.5, 0.6) is 0 Å². The van der Waals surface area contributed by atoms with Crippen LogP contribution in [0.1, 0.15) is 51.9 Å². The average Bonchev–Trinajstić information content (AvgIpc) is 2.21. The average molecular weight is 200 g/mol. The second-order valence-electron chi connectivity index (χ2n) is 3.98. The fourth-order valence-corrected chi connectivity index (χ4v) is 1.71. The third-order valence-corrected chi connectivity index (χ3v) is 2.70. The number of aliphatic hydroxyl groups excluding tert-OH is 1. The zero-order chi connectivity index (χ0) is 10.4. The van der Waals surface area contributed by atoms with Gasteiger partial charge in [0.1, 0.15) is 6.10 Å². The summed E-state index contributed by atoms with van der Waals surface area (Å²) in [5.41, 5.74) is 0. The first-order valence-corrected chi connectivity index (χ1v) is 5.64. The van der Waals surface area contributed by atoms with Crippen molar-refractivity contribution >= 4 is 5.97 Å². The Bertz CT molecular complexity index is 179. The lowest BCUT2D eigenvalue weighted by Crippen LogP contribution is -2.49. The fourth-order valence-electron chi connectivity index (χ4n) is 1.71. The van der Waals surface area contributed by atoms with Crippen molar-refractivity contribution in [1.82, 2.24) is 0 Å². The third-order valence-electron chi connectivity index (χ3n) is 2.70. The highest BCUT2D eigenvalue weighted by Gasteiger charge is 2.39. The van der Waals surface area contributed by atoms with E-state index in [9.17, 15) is 4.79 Å². The summed E-state index contributed by atoms with van der Waals surface area (Å²) in [6, 6.07) is 0. The van der Waals surface area contributed by atoms with Gasteiger partial charge < -0.3 is 9.84 Å². The number of rotatable bonds is 7. The van der Waals surface area contributed by atoms with Crippen molar-refractivity contribution in [3.8, 4) is 0 Å². The molecule has 2 unspecified atom stereocenters. The van der Waals surface area contributed by atoms with Crippen LogP contribution in [0.4, 0.5) is 0 Å². The van der Waals surface area contributed by atoms with E-state index >= 15 is 0 Å². The zero-order valence-electron chi connectivity index (χ0n) is 8.87. The highest BCUT2D eigenvalue weighted by molar-refractivity contribution is 5.80. The fraction of sp³-hybridized carbons (Fsp3) is 0.909. The van der Waals surface area contributed by atoms with Gasteiger partial charge in [-0.15, -0.1) is 0 Å².